The number of ether oxygens (including phenoxy) is 1. The number of rotatable bonds is 4. The first kappa shape index (κ1) is 14.9. The molecule has 0 saturated heterocycles. The molecule has 3 rings (SSSR count). The second kappa shape index (κ2) is 5.01. The lowest BCUT2D eigenvalue weighted by Gasteiger charge is -2.40. The number of nitrogens with one attached hydrogen (secondary N) is 1. The van der Waals surface area contributed by atoms with Crippen LogP contribution in [-0.4, -0.2) is 13.2 Å². The second-order valence-electron chi connectivity index (χ2n) is 7.83. The highest BCUT2D eigenvalue weighted by molar-refractivity contribution is 5.30. The third-order valence-electron chi connectivity index (χ3n) is 6.84. The van der Waals surface area contributed by atoms with E-state index in [1.807, 2.05) is 6.07 Å². The van der Waals surface area contributed by atoms with E-state index in [1.54, 1.807) is 7.11 Å². The molecular weight excluding hydrogens is 258 g/mol. The fourth-order valence-corrected chi connectivity index (χ4v) is 4.76. The first-order chi connectivity index (χ1) is 9.88. The van der Waals surface area contributed by atoms with Crippen molar-refractivity contribution in [1.82, 2.24) is 5.32 Å². The third kappa shape index (κ3) is 2.19. The van der Waals surface area contributed by atoms with Gasteiger partial charge in [-0.05, 0) is 60.6 Å². The van der Waals surface area contributed by atoms with Gasteiger partial charge in [-0.25, -0.2) is 0 Å². The summed E-state index contributed by atoms with van der Waals surface area (Å²) >= 11 is 0. The van der Waals surface area contributed by atoms with Crippen LogP contribution in [0, 0.1) is 16.7 Å². The predicted molar refractivity (Wildman–Crippen MR) is 87.6 cm³/mol. The zero-order valence-corrected chi connectivity index (χ0v) is 14.1. The van der Waals surface area contributed by atoms with Gasteiger partial charge < -0.3 is 10.1 Å². The van der Waals surface area contributed by atoms with Crippen LogP contribution in [0.25, 0.3) is 0 Å². The zero-order valence-electron chi connectivity index (χ0n) is 14.1. The average Bonchev–Trinajstić information content (AvgIpc) is 2.80. The molecule has 2 bridgehead atoms. The zero-order chi connectivity index (χ0) is 15.3. The van der Waals surface area contributed by atoms with Crippen LogP contribution in [0.3, 0.4) is 0 Å². The Morgan fingerprint density at radius 1 is 1.29 bits per heavy atom. The maximum Gasteiger partial charge on any atom is 0.119 e. The molecule has 0 heterocycles. The normalized spacial score (nSPS) is 34.9. The molecule has 1 aromatic carbocycles. The Morgan fingerprint density at radius 2 is 2.05 bits per heavy atom. The molecule has 2 saturated carbocycles. The number of fused-ring (bicyclic) bond motifs is 2. The van der Waals surface area contributed by atoms with Gasteiger partial charge in [-0.15, -0.1) is 0 Å². The van der Waals surface area contributed by atoms with Gasteiger partial charge in [-0.2, -0.15) is 0 Å². The Bertz CT molecular complexity index is 524. The van der Waals surface area contributed by atoms with Crippen LogP contribution in [0.15, 0.2) is 24.3 Å². The third-order valence-corrected chi connectivity index (χ3v) is 6.84. The average molecular weight is 287 g/mol. The Morgan fingerprint density at radius 3 is 2.62 bits per heavy atom. The van der Waals surface area contributed by atoms with Crippen LogP contribution < -0.4 is 10.1 Å². The van der Waals surface area contributed by atoms with Gasteiger partial charge in [0.05, 0.1) is 7.11 Å². The summed E-state index contributed by atoms with van der Waals surface area (Å²) < 4.78 is 5.35. The molecule has 2 aliphatic carbocycles. The number of hydrogen-bond donors (Lipinski definition) is 1. The van der Waals surface area contributed by atoms with Gasteiger partial charge in [-0.1, -0.05) is 32.9 Å². The molecule has 0 aliphatic heterocycles. The summed E-state index contributed by atoms with van der Waals surface area (Å²) in [5.41, 5.74) is 2.22. The molecular formula is C19H29NO. The standard InChI is InChI=1S/C19H29NO/c1-13(14-7-6-8-16(11-14)21-5)20-17-12-15-9-10-19(17,4)18(15,2)3/h6-8,11,13,15,17,20H,9-10,12H2,1-5H3/t13-,15?,17?,19?/m1/s1. The highest BCUT2D eigenvalue weighted by Crippen LogP contribution is 2.65. The predicted octanol–water partition coefficient (Wildman–Crippen LogP) is 4.56. The van der Waals surface area contributed by atoms with Gasteiger partial charge in [0, 0.05) is 12.1 Å². The van der Waals surface area contributed by atoms with Crippen LogP contribution >= 0.6 is 0 Å². The van der Waals surface area contributed by atoms with Crippen LogP contribution in [-0.2, 0) is 0 Å². The van der Waals surface area contributed by atoms with E-state index in [4.69, 9.17) is 4.74 Å². The molecule has 3 unspecified atom stereocenters. The second-order valence-corrected chi connectivity index (χ2v) is 7.83. The van der Waals surface area contributed by atoms with E-state index < -0.39 is 0 Å². The van der Waals surface area contributed by atoms with Crippen molar-refractivity contribution < 1.29 is 4.74 Å². The molecule has 0 spiro atoms. The first-order valence-corrected chi connectivity index (χ1v) is 8.28. The van der Waals surface area contributed by atoms with Crippen molar-refractivity contribution in [2.45, 2.75) is 59.0 Å². The molecule has 1 aromatic rings. The minimum Gasteiger partial charge on any atom is -0.497 e. The Hall–Kier alpha value is -1.02. The van der Waals surface area contributed by atoms with Gasteiger partial charge in [-0.3, -0.25) is 0 Å². The minimum atomic E-state index is 0.372. The Kier molecular flexibility index (Phi) is 3.56. The molecule has 21 heavy (non-hydrogen) atoms. The molecule has 4 atom stereocenters. The van der Waals surface area contributed by atoms with E-state index in [2.05, 4.69) is 51.2 Å². The largest absolute Gasteiger partial charge is 0.497 e. The highest BCUT2D eigenvalue weighted by Gasteiger charge is 2.61. The maximum atomic E-state index is 5.35. The van der Waals surface area contributed by atoms with Crippen LogP contribution in [0.5, 0.6) is 5.75 Å². The van der Waals surface area contributed by atoms with Crippen molar-refractivity contribution in [1.29, 1.82) is 0 Å². The van der Waals surface area contributed by atoms with Crippen LogP contribution in [0.4, 0.5) is 0 Å². The highest BCUT2D eigenvalue weighted by atomic mass is 16.5. The van der Waals surface area contributed by atoms with E-state index in [9.17, 15) is 0 Å². The topological polar surface area (TPSA) is 21.3 Å². The van der Waals surface area contributed by atoms with Crippen molar-refractivity contribution in [2.24, 2.45) is 16.7 Å². The number of hydrogen-bond acceptors (Lipinski definition) is 2. The molecule has 0 aromatic heterocycles. The lowest BCUT2D eigenvalue weighted by Crippen LogP contribution is -2.45. The van der Waals surface area contributed by atoms with Crippen molar-refractivity contribution in [3.63, 3.8) is 0 Å². The summed E-state index contributed by atoms with van der Waals surface area (Å²) in [6, 6.07) is 9.44. The molecule has 0 amide bonds. The molecule has 2 fully saturated rings. The minimum absolute atomic E-state index is 0.372. The smallest absolute Gasteiger partial charge is 0.119 e. The lowest BCUT2D eigenvalue weighted by molar-refractivity contribution is 0.116. The summed E-state index contributed by atoms with van der Waals surface area (Å²) in [6.45, 7) is 9.72. The summed E-state index contributed by atoms with van der Waals surface area (Å²) in [4.78, 5) is 0. The number of benzene rings is 1. The molecule has 2 aliphatic rings. The SMILES string of the molecule is COc1cccc([C@@H](C)NC2CC3CCC2(C)C3(C)C)c1. The van der Waals surface area contributed by atoms with Crippen LogP contribution in [0.2, 0.25) is 0 Å². The van der Waals surface area contributed by atoms with Gasteiger partial charge in [0.2, 0.25) is 0 Å². The van der Waals surface area contributed by atoms with Crippen molar-refractivity contribution in [3.8, 4) is 5.75 Å². The van der Waals surface area contributed by atoms with E-state index >= 15 is 0 Å². The van der Waals surface area contributed by atoms with E-state index in [-0.39, 0.29) is 0 Å². The molecule has 2 nitrogen and oxygen atoms in total. The van der Waals surface area contributed by atoms with Crippen LogP contribution in [0.1, 0.15) is 58.6 Å². The summed E-state index contributed by atoms with van der Waals surface area (Å²) in [7, 11) is 1.73. The number of methoxy groups -OCH3 is 1. The Balaban J connectivity index is 1.75. The van der Waals surface area contributed by atoms with Crippen molar-refractivity contribution in [3.05, 3.63) is 29.8 Å². The first-order valence-electron chi connectivity index (χ1n) is 8.28. The Labute approximate surface area is 129 Å². The molecule has 2 heteroatoms. The van der Waals surface area contributed by atoms with Crippen molar-refractivity contribution in [2.75, 3.05) is 7.11 Å². The summed E-state index contributed by atoms with van der Waals surface area (Å²) in [5, 5.41) is 3.92. The quantitative estimate of drug-likeness (QED) is 0.876. The van der Waals surface area contributed by atoms with Gasteiger partial charge >= 0.3 is 0 Å². The monoisotopic (exact) mass is 287 g/mol. The summed E-state index contributed by atoms with van der Waals surface area (Å²) in [6.07, 6.45) is 4.11. The fourth-order valence-electron chi connectivity index (χ4n) is 4.76. The molecule has 1 N–H and O–H groups in total. The van der Waals surface area contributed by atoms with E-state index in [0.717, 1.165) is 11.7 Å². The van der Waals surface area contributed by atoms with Crippen molar-refractivity contribution >= 4 is 0 Å². The fraction of sp³-hybridized carbons (Fsp3) is 0.684. The summed E-state index contributed by atoms with van der Waals surface area (Å²) in [5.74, 6) is 1.83. The van der Waals surface area contributed by atoms with Gasteiger partial charge in [0.15, 0.2) is 0 Å². The maximum absolute atomic E-state index is 5.35. The van der Waals surface area contributed by atoms with Gasteiger partial charge in [0.1, 0.15) is 5.75 Å². The molecule has 116 valence electrons. The van der Waals surface area contributed by atoms with Gasteiger partial charge in [0.25, 0.3) is 0 Å². The van der Waals surface area contributed by atoms with E-state index in [1.165, 1.54) is 24.8 Å². The molecule has 0 radical (unpaired) electrons. The lowest BCUT2D eigenvalue weighted by atomic mass is 9.69. The van der Waals surface area contributed by atoms with E-state index in [0.29, 0.717) is 22.9 Å².